The summed E-state index contributed by atoms with van der Waals surface area (Å²) in [5.74, 6) is -1.24. The van der Waals surface area contributed by atoms with Gasteiger partial charge in [0, 0.05) is 38.3 Å². The second-order valence-electron chi connectivity index (χ2n) is 8.88. The molecule has 10 nitrogen and oxygen atoms in total. The van der Waals surface area contributed by atoms with E-state index < -0.39 is 36.1 Å². The number of ether oxygens (including phenoxy) is 1. The highest BCUT2D eigenvalue weighted by atomic mass is 35.5. The number of aliphatic hydroxyl groups is 3. The lowest BCUT2D eigenvalue weighted by Crippen LogP contribution is -2.51. The molecule has 2 amide bonds. The maximum absolute atomic E-state index is 13.3. The lowest BCUT2D eigenvalue weighted by atomic mass is 10.1. The van der Waals surface area contributed by atoms with Crippen LogP contribution in [0.4, 0.5) is 4.39 Å². The Hall–Kier alpha value is -1.57. The summed E-state index contributed by atoms with van der Waals surface area (Å²) in [4.78, 5) is 29.1. The van der Waals surface area contributed by atoms with Gasteiger partial charge in [-0.3, -0.25) is 9.59 Å². The molecule has 1 aromatic rings. The molecule has 0 aromatic heterocycles. The normalized spacial score (nSPS) is 22.7. The molecule has 0 bridgehead atoms. The highest BCUT2D eigenvalue weighted by Gasteiger charge is 2.30. The van der Waals surface area contributed by atoms with E-state index >= 15 is 0 Å². The largest absolute Gasteiger partial charge is 0.388 e. The number of unbranched alkanes of at least 4 members (excludes halogenated alkanes) is 1. The highest BCUT2D eigenvalue weighted by molar-refractivity contribution is 5.94. The molecule has 1 aliphatic rings. The van der Waals surface area contributed by atoms with E-state index in [4.69, 9.17) is 16.2 Å². The molecule has 1 heterocycles. The van der Waals surface area contributed by atoms with Gasteiger partial charge in [-0.25, -0.2) is 4.39 Å². The zero-order valence-corrected chi connectivity index (χ0v) is 22.5. The number of hydrogen-bond acceptors (Lipinski definition) is 8. The number of aliphatic hydroxyl groups excluding tert-OH is 3. The van der Waals surface area contributed by atoms with Crippen LogP contribution in [0, 0.1) is 5.82 Å². The SMILES string of the molecule is Cl.Cl.NCCCC[C@@H](N)C(=O)N1CCCCOC[C@@H](O)[C@H](O)[C@@H](O)CN(C(=O)c2ccc(F)cc2)CC1. The van der Waals surface area contributed by atoms with Gasteiger partial charge in [-0.05, 0) is 56.5 Å². The Morgan fingerprint density at radius 3 is 2.30 bits per heavy atom. The maximum Gasteiger partial charge on any atom is 0.254 e. The summed E-state index contributed by atoms with van der Waals surface area (Å²) in [5, 5.41) is 31.0. The van der Waals surface area contributed by atoms with Crippen LogP contribution >= 0.6 is 24.8 Å². The van der Waals surface area contributed by atoms with Crippen LogP contribution in [0.25, 0.3) is 0 Å². The van der Waals surface area contributed by atoms with Crippen LogP contribution in [-0.2, 0) is 9.53 Å². The number of benzene rings is 1. The lowest BCUT2D eigenvalue weighted by molar-refractivity contribution is -0.133. The Kier molecular flexibility index (Phi) is 17.9. The maximum atomic E-state index is 13.3. The standard InChI is InChI=1S/C24H39FN4O6.2ClH/c25-18-8-6-17(7-9-18)23(33)29-13-12-28(24(34)19(27)5-1-2-10-26)11-3-4-14-35-16-21(31)22(32)20(30)15-29;;/h6-9,19-22,30-32H,1-5,10-16,26-27H2;2*1H/t19-,20+,21-,22-;;/m1../s1. The third-order valence-corrected chi connectivity index (χ3v) is 6.07. The Bertz CT molecular complexity index is 795. The van der Waals surface area contributed by atoms with Gasteiger partial charge in [0.25, 0.3) is 5.91 Å². The van der Waals surface area contributed by atoms with Crippen molar-refractivity contribution in [3.8, 4) is 0 Å². The summed E-state index contributed by atoms with van der Waals surface area (Å²) < 4.78 is 18.7. The van der Waals surface area contributed by atoms with Crippen LogP contribution in [0.5, 0.6) is 0 Å². The number of halogens is 3. The first kappa shape index (κ1) is 35.4. The smallest absolute Gasteiger partial charge is 0.254 e. The van der Waals surface area contributed by atoms with Gasteiger partial charge >= 0.3 is 0 Å². The second kappa shape index (κ2) is 18.6. The fourth-order valence-electron chi connectivity index (χ4n) is 3.89. The Labute approximate surface area is 229 Å². The fraction of sp³-hybridized carbons (Fsp3) is 0.667. The summed E-state index contributed by atoms with van der Waals surface area (Å²) in [5.41, 5.74) is 11.8. The number of carbonyl (C=O) groups is 2. The molecule has 4 atom stereocenters. The average Bonchev–Trinajstić information content (AvgIpc) is 2.85. The molecule has 1 fully saturated rings. The fourth-order valence-corrected chi connectivity index (χ4v) is 3.89. The summed E-state index contributed by atoms with van der Waals surface area (Å²) in [6, 6.07) is 4.26. The zero-order chi connectivity index (χ0) is 25.8. The monoisotopic (exact) mass is 570 g/mol. The van der Waals surface area contributed by atoms with E-state index in [1.807, 2.05) is 0 Å². The molecule has 13 heteroatoms. The number of amides is 2. The van der Waals surface area contributed by atoms with Gasteiger partial charge in [-0.15, -0.1) is 24.8 Å². The van der Waals surface area contributed by atoms with Crippen molar-refractivity contribution in [2.24, 2.45) is 11.5 Å². The molecule has 1 aromatic carbocycles. The van der Waals surface area contributed by atoms with Crippen LogP contribution in [0.2, 0.25) is 0 Å². The summed E-state index contributed by atoms with van der Waals surface area (Å²) in [7, 11) is 0. The van der Waals surface area contributed by atoms with Crippen molar-refractivity contribution in [2.75, 3.05) is 45.9 Å². The molecule has 7 N–H and O–H groups in total. The van der Waals surface area contributed by atoms with Gasteiger partial charge < -0.3 is 41.3 Å². The Balaban J connectivity index is 0.00000648. The topological polar surface area (TPSA) is 163 Å². The minimum atomic E-state index is -1.55. The van der Waals surface area contributed by atoms with Gasteiger partial charge in [0.05, 0.1) is 12.6 Å². The molecule has 0 saturated carbocycles. The highest BCUT2D eigenvalue weighted by Crippen LogP contribution is 2.12. The van der Waals surface area contributed by atoms with Crippen LogP contribution in [0.3, 0.4) is 0 Å². The predicted octanol–water partition coefficient (Wildman–Crippen LogP) is 0.290. The van der Waals surface area contributed by atoms with E-state index in [0.29, 0.717) is 39.0 Å². The number of carbonyl (C=O) groups excluding carboxylic acids is 2. The Morgan fingerprint density at radius 2 is 1.65 bits per heavy atom. The van der Waals surface area contributed by atoms with Gasteiger partial charge in [-0.1, -0.05) is 6.42 Å². The molecule has 1 saturated heterocycles. The quantitative estimate of drug-likeness (QED) is 0.305. The van der Waals surface area contributed by atoms with Crippen LogP contribution in [0.1, 0.15) is 42.5 Å². The number of nitrogens with zero attached hydrogens (tertiary/aromatic N) is 2. The molecule has 0 spiro atoms. The predicted molar refractivity (Wildman–Crippen MR) is 142 cm³/mol. The molecule has 214 valence electrons. The van der Waals surface area contributed by atoms with E-state index in [-0.39, 0.29) is 62.5 Å². The third-order valence-electron chi connectivity index (χ3n) is 6.07. The molecular formula is C24H41Cl2FN4O6. The van der Waals surface area contributed by atoms with Crippen molar-refractivity contribution in [2.45, 2.75) is 56.5 Å². The van der Waals surface area contributed by atoms with Crippen molar-refractivity contribution < 1.29 is 34.0 Å². The molecule has 37 heavy (non-hydrogen) atoms. The molecule has 2 rings (SSSR count). The van der Waals surface area contributed by atoms with Crippen molar-refractivity contribution >= 4 is 36.6 Å². The van der Waals surface area contributed by atoms with Crippen molar-refractivity contribution in [3.05, 3.63) is 35.6 Å². The van der Waals surface area contributed by atoms with E-state index in [2.05, 4.69) is 0 Å². The summed E-state index contributed by atoms with van der Waals surface area (Å²) in [6.45, 7) is 0.959. The van der Waals surface area contributed by atoms with E-state index in [1.165, 1.54) is 17.0 Å². The van der Waals surface area contributed by atoms with Crippen molar-refractivity contribution in [1.82, 2.24) is 9.80 Å². The van der Waals surface area contributed by atoms with Gasteiger partial charge in [0.1, 0.15) is 24.1 Å². The first-order valence-electron chi connectivity index (χ1n) is 12.2. The van der Waals surface area contributed by atoms with Crippen molar-refractivity contribution in [1.29, 1.82) is 0 Å². The first-order valence-corrected chi connectivity index (χ1v) is 12.2. The van der Waals surface area contributed by atoms with Gasteiger partial charge in [-0.2, -0.15) is 0 Å². The number of β-amino-alcohol motifs (C(OH)–C–C–N with tert-alkyl or cyclic N) is 1. The van der Waals surface area contributed by atoms with E-state index in [9.17, 15) is 29.3 Å². The minimum Gasteiger partial charge on any atom is -0.388 e. The van der Waals surface area contributed by atoms with Crippen molar-refractivity contribution in [3.63, 3.8) is 0 Å². The van der Waals surface area contributed by atoms with Crippen LogP contribution in [0.15, 0.2) is 24.3 Å². The van der Waals surface area contributed by atoms with Crippen LogP contribution < -0.4 is 11.5 Å². The van der Waals surface area contributed by atoms with Gasteiger partial charge in [0.2, 0.25) is 5.91 Å². The van der Waals surface area contributed by atoms with Crippen LogP contribution in [-0.4, -0.2) is 107 Å². The molecule has 0 unspecified atom stereocenters. The number of nitrogens with two attached hydrogens (primary N) is 2. The first-order chi connectivity index (χ1) is 16.7. The summed E-state index contributed by atoms with van der Waals surface area (Å²) >= 11 is 0. The lowest BCUT2D eigenvalue weighted by Gasteiger charge is -2.33. The van der Waals surface area contributed by atoms with E-state index in [0.717, 1.165) is 25.0 Å². The minimum absolute atomic E-state index is 0. The molecule has 1 aliphatic heterocycles. The summed E-state index contributed by atoms with van der Waals surface area (Å²) in [6.07, 6.45) is -1.13. The molecule has 0 radical (unpaired) electrons. The molecular weight excluding hydrogens is 530 g/mol. The number of hydrogen-bond donors (Lipinski definition) is 5. The van der Waals surface area contributed by atoms with Gasteiger partial charge in [0.15, 0.2) is 0 Å². The second-order valence-corrected chi connectivity index (χ2v) is 8.88. The average molecular weight is 572 g/mol. The Morgan fingerprint density at radius 1 is 1.00 bits per heavy atom. The zero-order valence-electron chi connectivity index (χ0n) is 20.9. The third kappa shape index (κ3) is 11.8. The number of rotatable bonds is 6. The molecule has 0 aliphatic carbocycles. The van der Waals surface area contributed by atoms with E-state index in [1.54, 1.807) is 4.90 Å².